The number of ketones is 2. The number of benzene rings is 2. The molecule has 0 amide bonds. The standard InChI is InChI=1S/2C10H12O.Cu/c2*1-2-10(11)8-9-6-4-3-5-7-9;/h2*3-7H,2,8H2,1H3;. The molecule has 0 heterocycles. The van der Waals surface area contributed by atoms with E-state index in [9.17, 15) is 9.59 Å². The number of hydrogen-bond donors (Lipinski definition) is 0. The van der Waals surface area contributed by atoms with Gasteiger partial charge in [-0.2, -0.15) is 0 Å². The Hall–Kier alpha value is -1.70. The number of carbonyl (C=O) groups is 2. The van der Waals surface area contributed by atoms with Gasteiger partial charge in [0.1, 0.15) is 11.6 Å². The van der Waals surface area contributed by atoms with Crippen LogP contribution in [0.25, 0.3) is 0 Å². The summed E-state index contributed by atoms with van der Waals surface area (Å²) >= 11 is 0. The van der Waals surface area contributed by atoms with Crippen LogP contribution in [0.15, 0.2) is 60.7 Å². The molecule has 3 heteroatoms. The predicted octanol–water partition coefficient (Wildman–Crippen LogP) is 4.41. The molecule has 0 aliphatic heterocycles. The summed E-state index contributed by atoms with van der Waals surface area (Å²) in [5.74, 6) is 0.604. The van der Waals surface area contributed by atoms with Gasteiger partial charge in [0.05, 0.1) is 0 Å². The molecule has 0 aliphatic carbocycles. The third-order valence-electron chi connectivity index (χ3n) is 3.28. The summed E-state index contributed by atoms with van der Waals surface area (Å²) in [6, 6.07) is 19.7. The van der Waals surface area contributed by atoms with Crippen molar-refractivity contribution in [3.63, 3.8) is 0 Å². The minimum Gasteiger partial charge on any atom is -0.299 e. The second-order valence-corrected chi connectivity index (χ2v) is 5.11. The fourth-order valence-electron chi connectivity index (χ4n) is 1.90. The average Bonchev–Trinajstić information content (AvgIpc) is 2.57. The molecule has 0 saturated heterocycles. The Morgan fingerprint density at radius 3 is 1.22 bits per heavy atom. The molecule has 2 nitrogen and oxygen atoms in total. The van der Waals surface area contributed by atoms with Crippen molar-refractivity contribution in [3.8, 4) is 0 Å². The molecule has 0 aliphatic rings. The monoisotopic (exact) mass is 359 g/mol. The van der Waals surface area contributed by atoms with E-state index in [-0.39, 0.29) is 17.1 Å². The molecule has 0 saturated carbocycles. The van der Waals surface area contributed by atoms with Crippen molar-refractivity contribution in [3.05, 3.63) is 71.8 Å². The zero-order valence-corrected chi connectivity index (χ0v) is 14.7. The minimum atomic E-state index is 0. The molecule has 0 fully saturated rings. The second kappa shape index (κ2) is 12.8. The van der Waals surface area contributed by atoms with E-state index < -0.39 is 0 Å². The van der Waals surface area contributed by atoms with E-state index in [1.807, 2.05) is 74.5 Å². The summed E-state index contributed by atoms with van der Waals surface area (Å²) in [7, 11) is 0. The Morgan fingerprint density at radius 2 is 0.957 bits per heavy atom. The molecule has 0 unspecified atom stereocenters. The first-order valence-corrected chi connectivity index (χ1v) is 7.77. The van der Waals surface area contributed by atoms with Gasteiger partial charge in [-0.25, -0.2) is 0 Å². The second-order valence-electron chi connectivity index (χ2n) is 5.11. The van der Waals surface area contributed by atoms with Gasteiger partial charge in [0.2, 0.25) is 0 Å². The molecule has 1 radical (unpaired) electrons. The molecular weight excluding hydrogens is 336 g/mol. The van der Waals surface area contributed by atoms with Gasteiger partial charge in [0.15, 0.2) is 0 Å². The van der Waals surface area contributed by atoms with Crippen molar-refractivity contribution in [2.75, 3.05) is 0 Å². The maximum atomic E-state index is 11.0. The SMILES string of the molecule is CCC(=O)Cc1ccccc1.CCC(=O)Cc1ccccc1.[Cu]. The molecule has 0 bridgehead atoms. The summed E-state index contributed by atoms with van der Waals surface area (Å²) in [4.78, 5) is 22.0. The summed E-state index contributed by atoms with van der Waals surface area (Å²) in [6.45, 7) is 3.79. The van der Waals surface area contributed by atoms with Crippen LogP contribution < -0.4 is 0 Å². The van der Waals surface area contributed by atoms with Crippen molar-refractivity contribution in [2.24, 2.45) is 0 Å². The molecule has 0 N–H and O–H groups in total. The van der Waals surface area contributed by atoms with Crippen LogP contribution in [0.4, 0.5) is 0 Å². The number of carbonyl (C=O) groups excluding carboxylic acids is 2. The van der Waals surface area contributed by atoms with E-state index in [1.54, 1.807) is 0 Å². The molecule has 0 spiro atoms. The van der Waals surface area contributed by atoms with Crippen molar-refractivity contribution in [1.82, 2.24) is 0 Å². The fraction of sp³-hybridized carbons (Fsp3) is 0.300. The van der Waals surface area contributed by atoms with E-state index in [1.165, 1.54) is 0 Å². The van der Waals surface area contributed by atoms with Crippen molar-refractivity contribution < 1.29 is 26.7 Å². The smallest absolute Gasteiger partial charge is 0.136 e. The van der Waals surface area contributed by atoms with E-state index >= 15 is 0 Å². The first-order chi connectivity index (χ1) is 10.7. The van der Waals surface area contributed by atoms with Crippen molar-refractivity contribution in [1.29, 1.82) is 0 Å². The van der Waals surface area contributed by atoms with Crippen LogP contribution in [0.5, 0.6) is 0 Å². The van der Waals surface area contributed by atoms with Gasteiger partial charge in [0, 0.05) is 42.8 Å². The zero-order valence-electron chi connectivity index (χ0n) is 13.7. The normalized spacial score (nSPS) is 9.13. The minimum absolute atomic E-state index is 0. The van der Waals surface area contributed by atoms with Gasteiger partial charge in [-0.05, 0) is 11.1 Å². The Bertz CT molecular complexity index is 511. The summed E-state index contributed by atoms with van der Waals surface area (Å²) < 4.78 is 0. The van der Waals surface area contributed by atoms with Crippen LogP contribution in [-0.4, -0.2) is 11.6 Å². The third-order valence-corrected chi connectivity index (χ3v) is 3.28. The van der Waals surface area contributed by atoms with Crippen LogP contribution in [0.2, 0.25) is 0 Å². The molecule has 23 heavy (non-hydrogen) atoms. The fourth-order valence-corrected chi connectivity index (χ4v) is 1.90. The van der Waals surface area contributed by atoms with Crippen LogP contribution >= 0.6 is 0 Å². The van der Waals surface area contributed by atoms with Gasteiger partial charge < -0.3 is 0 Å². The topological polar surface area (TPSA) is 34.1 Å². The average molecular weight is 360 g/mol. The maximum absolute atomic E-state index is 11.0. The maximum Gasteiger partial charge on any atom is 0.136 e. The molecule has 2 aromatic rings. The molecule has 0 aromatic heterocycles. The van der Waals surface area contributed by atoms with Gasteiger partial charge in [0.25, 0.3) is 0 Å². The number of hydrogen-bond acceptors (Lipinski definition) is 2. The summed E-state index contributed by atoms with van der Waals surface area (Å²) in [5.41, 5.74) is 2.22. The van der Waals surface area contributed by atoms with Gasteiger partial charge in [-0.15, -0.1) is 0 Å². The van der Waals surface area contributed by atoms with Crippen LogP contribution in [0.1, 0.15) is 37.8 Å². The largest absolute Gasteiger partial charge is 0.299 e. The summed E-state index contributed by atoms with van der Waals surface area (Å²) in [5, 5.41) is 0. The summed E-state index contributed by atoms with van der Waals surface area (Å²) in [6.07, 6.45) is 2.43. The molecule has 2 aromatic carbocycles. The number of rotatable bonds is 6. The number of Topliss-reactive ketones (excluding diaryl/α,β-unsaturated/α-hetero) is 2. The first-order valence-electron chi connectivity index (χ1n) is 7.77. The first kappa shape index (κ1) is 21.3. The van der Waals surface area contributed by atoms with Crippen molar-refractivity contribution >= 4 is 11.6 Å². The molecule has 0 atom stereocenters. The zero-order chi connectivity index (χ0) is 16.2. The van der Waals surface area contributed by atoms with Crippen molar-refractivity contribution in [2.45, 2.75) is 39.5 Å². The molecular formula is C20H24CuO2. The van der Waals surface area contributed by atoms with E-state index in [0.717, 1.165) is 11.1 Å². The van der Waals surface area contributed by atoms with Crippen LogP contribution in [0.3, 0.4) is 0 Å². The third kappa shape index (κ3) is 9.83. The van der Waals surface area contributed by atoms with Gasteiger partial charge in [-0.3, -0.25) is 9.59 Å². The van der Waals surface area contributed by atoms with Gasteiger partial charge >= 0.3 is 0 Å². The molecule has 2 rings (SSSR count). The van der Waals surface area contributed by atoms with Crippen LogP contribution in [-0.2, 0) is 39.5 Å². The van der Waals surface area contributed by atoms with Gasteiger partial charge in [-0.1, -0.05) is 74.5 Å². The Labute approximate surface area is 149 Å². The molecule has 127 valence electrons. The predicted molar refractivity (Wildman–Crippen MR) is 90.9 cm³/mol. The Balaban J connectivity index is 0.000000403. The van der Waals surface area contributed by atoms with E-state index in [2.05, 4.69) is 0 Å². The van der Waals surface area contributed by atoms with E-state index in [4.69, 9.17) is 0 Å². The Morgan fingerprint density at radius 1 is 0.652 bits per heavy atom. The van der Waals surface area contributed by atoms with Crippen LogP contribution in [0, 0.1) is 0 Å². The quantitative estimate of drug-likeness (QED) is 0.716. The van der Waals surface area contributed by atoms with E-state index in [0.29, 0.717) is 37.2 Å². The Kier molecular flexibility index (Phi) is 11.9.